The molecule has 0 bridgehead atoms. The first-order valence-electron chi connectivity index (χ1n) is 11.8. The molecule has 0 radical (unpaired) electrons. The highest BCUT2D eigenvalue weighted by molar-refractivity contribution is 5.95. The molecule has 3 heterocycles. The summed E-state index contributed by atoms with van der Waals surface area (Å²) in [4.78, 5) is 15.0. The summed E-state index contributed by atoms with van der Waals surface area (Å²) in [6, 6.07) is 6.29. The van der Waals surface area contributed by atoms with Crippen molar-refractivity contribution in [2.45, 2.75) is 39.2 Å². The van der Waals surface area contributed by atoms with Crippen LogP contribution in [0.15, 0.2) is 54.5 Å². The molecule has 1 atom stereocenters. The minimum atomic E-state index is 0.139. The lowest BCUT2D eigenvalue weighted by Gasteiger charge is -2.20. The van der Waals surface area contributed by atoms with Gasteiger partial charge in [0, 0.05) is 41.3 Å². The van der Waals surface area contributed by atoms with Crippen molar-refractivity contribution < 1.29 is 4.74 Å². The van der Waals surface area contributed by atoms with E-state index in [1.54, 1.807) is 0 Å². The molecule has 1 aliphatic carbocycles. The van der Waals surface area contributed by atoms with Gasteiger partial charge in [-0.25, -0.2) is 4.98 Å². The summed E-state index contributed by atoms with van der Waals surface area (Å²) < 4.78 is 6.04. The Balaban J connectivity index is 1.20. The molecule has 3 N–H and O–H groups in total. The standard InChI is InChI=1S/C26H32N6O/c1-18-5-10-23(22-11-12-27-24(18)22)30-25-19(2)17-28-26(31-25)29-20-6-8-21(9-7-20)33-16-15-32-13-3-4-14-32/h5-8,10-12,17,21,27H,3-4,9,13-16H2,1-2H3,(H2,28,29,30,31). The van der Waals surface area contributed by atoms with Crippen molar-refractivity contribution in [3.05, 3.63) is 65.6 Å². The quantitative estimate of drug-likeness (QED) is 0.451. The van der Waals surface area contributed by atoms with Crippen LogP contribution in [0, 0.1) is 13.8 Å². The van der Waals surface area contributed by atoms with Crippen LogP contribution in [0.1, 0.15) is 30.4 Å². The van der Waals surface area contributed by atoms with E-state index in [9.17, 15) is 0 Å². The SMILES string of the molecule is Cc1cnc(NC2=CCC(OCCN3CCCC3)C=C2)nc1Nc1ccc(C)c2[nH]ccc12. The third kappa shape index (κ3) is 5.10. The molecular formula is C26H32N6O. The monoisotopic (exact) mass is 444 g/mol. The lowest BCUT2D eigenvalue weighted by atomic mass is 10.1. The summed E-state index contributed by atoms with van der Waals surface area (Å²) in [7, 11) is 0. The number of allylic oxidation sites excluding steroid dienone is 1. The maximum atomic E-state index is 6.04. The van der Waals surface area contributed by atoms with Crippen molar-refractivity contribution in [1.82, 2.24) is 19.9 Å². The second-order valence-electron chi connectivity index (χ2n) is 8.88. The zero-order valence-electron chi connectivity index (χ0n) is 19.4. The van der Waals surface area contributed by atoms with Gasteiger partial charge in [-0.15, -0.1) is 0 Å². The first kappa shape index (κ1) is 21.7. The molecule has 1 aromatic carbocycles. The molecule has 1 saturated heterocycles. The summed E-state index contributed by atoms with van der Waals surface area (Å²) in [5.41, 5.74) is 5.36. The van der Waals surface area contributed by atoms with E-state index in [1.165, 1.54) is 31.5 Å². The fraction of sp³-hybridized carbons (Fsp3) is 0.385. The second kappa shape index (κ2) is 9.77. The number of H-pyrrole nitrogens is 1. The van der Waals surface area contributed by atoms with Crippen molar-refractivity contribution in [2.24, 2.45) is 0 Å². The minimum absolute atomic E-state index is 0.139. The van der Waals surface area contributed by atoms with Crippen molar-refractivity contribution in [3.8, 4) is 0 Å². The Morgan fingerprint density at radius 2 is 2.00 bits per heavy atom. The van der Waals surface area contributed by atoms with E-state index in [0.29, 0.717) is 5.95 Å². The molecule has 3 aromatic rings. The fourth-order valence-electron chi connectivity index (χ4n) is 4.45. The van der Waals surface area contributed by atoms with Crippen LogP contribution in [0.4, 0.5) is 17.5 Å². The lowest BCUT2D eigenvalue weighted by molar-refractivity contribution is 0.0701. The maximum Gasteiger partial charge on any atom is 0.229 e. The van der Waals surface area contributed by atoms with Crippen LogP contribution >= 0.6 is 0 Å². The number of nitrogens with one attached hydrogen (secondary N) is 3. The first-order chi connectivity index (χ1) is 16.2. The Morgan fingerprint density at radius 1 is 1.12 bits per heavy atom. The van der Waals surface area contributed by atoms with Crippen LogP contribution in [0.3, 0.4) is 0 Å². The average molecular weight is 445 g/mol. The molecule has 2 aliphatic rings. The van der Waals surface area contributed by atoms with Gasteiger partial charge in [-0.2, -0.15) is 4.98 Å². The van der Waals surface area contributed by atoms with Crippen LogP contribution in [0.2, 0.25) is 0 Å². The van der Waals surface area contributed by atoms with Crippen molar-refractivity contribution >= 4 is 28.4 Å². The van der Waals surface area contributed by atoms with Crippen LogP contribution < -0.4 is 10.6 Å². The number of hydrogen-bond donors (Lipinski definition) is 3. The van der Waals surface area contributed by atoms with Gasteiger partial charge >= 0.3 is 0 Å². The van der Waals surface area contributed by atoms with E-state index in [0.717, 1.165) is 53.2 Å². The predicted molar refractivity (Wildman–Crippen MR) is 134 cm³/mol. The topological polar surface area (TPSA) is 78.1 Å². The molecule has 172 valence electrons. The van der Waals surface area contributed by atoms with Gasteiger partial charge in [0.25, 0.3) is 0 Å². The molecule has 0 spiro atoms. The highest BCUT2D eigenvalue weighted by Crippen LogP contribution is 2.29. The van der Waals surface area contributed by atoms with Gasteiger partial charge in [-0.1, -0.05) is 18.2 Å². The molecule has 2 aromatic heterocycles. The third-order valence-electron chi connectivity index (χ3n) is 6.41. The van der Waals surface area contributed by atoms with Crippen molar-refractivity contribution in [2.75, 3.05) is 36.9 Å². The number of aromatic amines is 1. The normalized spacial score (nSPS) is 18.6. The molecule has 1 fully saturated rings. The number of ether oxygens (including phenoxy) is 1. The number of nitrogens with zero attached hydrogens (tertiary/aromatic N) is 3. The molecular weight excluding hydrogens is 412 g/mol. The van der Waals surface area contributed by atoms with Gasteiger partial charge in [0.1, 0.15) is 5.82 Å². The molecule has 1 aliphatic heterocycles. The Kier molecular flexibility index (Phi) is 6.41. The van der Waals surface area contributed by atoms with Gasteiger partial charge in [0.2, 0.25) is 5.95 Å². The fourth-order valence-corrected chi connectivity index (χ4v) is 4.45. The summed E-state index contributed by atoms with van der Waals surface area (Å²) in [5.74, 6) is 1.37. The molecule has 0 saturated carbocycles. The van der Waals surface area contributed by atoms with Gasteiger partial charge in [0.15, 0.2) is 0 Å². The molecule has 5 rings (SSSR count). The number of aryl methyl sites for hydroxylation is 2. The van der Waals surface area contributed by atoms with Crippen LogP contribution in [0.25, 0.3) is 10.9 Å². The Labute approximate surface area is 195 Å². The zero-order valence-corrected chi connectivity index (χ0v) is 19.4. The van der Waals surface area contributed by atoms with Gasteiger partial charge in [-0.3, -0.25) is 0 Å². The van der Waals surface area contributed by atoms with E-state index in [4.69, 9.17) is 9.72 Å². The second-order valence-corrected chi connectivity index (χ2v) is 8.88. The Bertz CT molecular complexity index is 1170. The predicted octanol–water partition coefficient (Wildman–Crippen LogP) is 5.06. The maximum absolute atomic E-state index is 6.04. The Hall–Kier alpha value is -3.16. The largest absolute Gasteiger partial charge is 0.372 e. The number of likely N-dealkylation sites (tertiary alicyclic amines) is 1. The lowest BCUT2D eigenvalue weighted by Crippen LogP contribution is -2.26. The zero-order chi connectivity index (χ0) is 22.6. The molecule has 0 amide bonds. The summed E-state index contributed by atoms with van der Waals surface area (Å²) >= 11 is 0. The van der Waals surface area contributed by atoms with Crippen LogP contribution in [0.5, 0.6) is 0 Å². The first-order valence-corrected chi connectivity index (χ1v) is 11.8. The summed E-state index contributed by atoms with van der Waals surface area (Å²) in [5, 5.41) is 7.98. The molecule has 1 unspecified atom stereocenters. The number of fused-ring (bicyclic) bond motifs is 1. The van der Waals surface area contributed by atoms with E-state index >= 15 is 0 Å². The van der Waals surface area contributed by atoms with Gasteiger partial charge < -0.3 is 25.3 Å². The van der Waals surface area contributed by atoms with Crippen LogP contribution in [-0.4, -0.2) is 52.2 Å². The molecule has 33 heavy (non-hydrogen) atoms. The highest BCUT2D eigenvalue weighted by atomic mass is 16.5. The van der Waals surface area contributed by atoms with Gasteiger partial charge in [0.05, 0.1) is 18.2 Å². The number of aromatic nitrogens is 3. The van der Waals surface area contributed by atoms with Crippen LogP contribution in [-0.2, 0) is 4.74 Å². The number of hydrogen-bond acceptors (Lipinski definition) is 6. The highest BCUT2D eigenvalue weighted by Gasteiger charge is 2.14. The average Bonchev–Trinajstić information content (AvgIpc) is 3.52. The van der Waals surface area contributed by atoms with Gasteiger partial charge in [-0.05, 0) is 70.0 Å². The van der Waals surface area contributed by atoms with Crippen molar-refractivity contribution in [1.29, 1.82) is 0 Å². The van der Waals surface area contributed by atoms with E-state index < -0.39 is 0 Å². The smallest absolute Gasteiger partial charge is 0.229 e. The van der Waals surface area contributed by atoms with Crippen molar-refractivity contribution in [3.63, 3.8) is 0 Å². The van der Waals surface area contributed by atoms with E-state index in [2.05, 4.69) is 68.9 Å². The summed E-state index contributed by atoms with van der Waals surface area (Å²) in [6.07, 6.45) is 13.8. The number of rotatable bonds is 8. The third-order valence-corrected chi connectivity index (χ3v) is 6.41. The summed E-state index contributed by atoms with van der Waals surface area (Å²) in [6.45, 7) is 8.36. The molecule has 7 nitrogen and oxygen atoms in total. The van der Waals surface area contributed by atoms with E-state index in [1.807, 2.05) is 19.3 Å². The number of benzene rings is 1. The number of anilines is 3. The Morgan fingerprint density at radius 3 is 2.82 bits per heavy atom. The molecule has 7 heteroatoms. The minimum Gasteiger partial charge on any atom is -0.372 e. The van der Waals surface area contributed by atoms with E-state index in [-0.39, 0.29) is 6.10 Å².